The summed E-state index contributed by atoms with van der Waals surface area (Å²) in [6, 6.07) is 15.7. The van der Waals surface area contributed by atoms with E-state index in [1.165, 1.54) is 23.8 Å². The van der Waals surface area contributed by atoms with Gasteiger partial charge in [0.25, 0.3) is 0 Å². The normalized spacial score (nSPS) is 15.6. The number of sulfone groups is 1. The fourth-order valence-electron chi connectivity index (χ4n) is 3.48. The molecule has 2 aromatic rings. The molecule has 32 heavy (non-hydrogen) atoms. The van der Waals surface area contributed by atoms with Crippen molar-refractivity contribution in [3.05, 3.63) is 72.1 Å². The predicted octanol–water partition coefficient (Wildman–Crippen LogP) is 3.12. The van der Waals surface area contributed by atoms with Crippen molar-refractivity contribution in [2.45, 2.75) is 4.90 Å². The van der Waals surface area contributed by atoms with Crippen molar-refractivity contribution in [1.82, 2.24) is 15.1 Å². The highest BCUT2D eigenvalue weighted by atomic mass is 127. The Labute approximate surface area is 207 Å². The molecule has 6 nitrogen and oxygen atoms in total. The molecule has 1 saturated heterocycles. The van der Waals surface area contributed by atoms with Gasteiger partial charge in [-0.3, -0.25) is 9.89 Å². The van der Waals surface area contributed by atoms with Crippen LogP contribution < -0.4 is 5.32 Å². The van der Waals surface area contributed by atoms with Gasteiger partial charge in [-0.25, -0.2) is 12.8 Å². The fraction of sp³-hybridized carbons (Fsp3) is 0.348. The lowest BCUT2D eigenvalue weighted by Crippen LogP contribution is -2.52. The molecule has 0 saturated carbocycles. The van der Waals surface area contributed by atoms with Gasteiger partial charge in [0, 0.05) is 46.3 Å². The monoisotopic (exact) mass is 572 g/mol. The summed E-state index contributed by atoms with van der Waals surface area (Å²) in [6.07, 6.45) is 4.30. The summed E-state index contributed by atoms with van der Waals surface area (Å²) in [5.74, 6) is -0.246. The SMILES string of the molecule is CN=C(NCCS(=O)(=O)c1ccccc1F)N1CCN(C/C=C/c2ccccc2)CC1.I. The van der Waals surface area contributed by atoms with E-state index in [2.05, 4.69) is 44.4 Å². The van der Waals surface area contributed by atoms with E-state index in [1.807, 2.05) is 18.2 Å². The second-order valence-electron chi connectivity index (χ2n) is 7.32. The molecular weight excluding hydrogens is 542 g/mol. The van der Waals surface area contributed by atoms with E-state index >= 15 is 0 Å². The molecule has 0 aliphatic carbocycles. The number of rotatable bonds is 7. The van der Waals surface area contributed by atoms with Crippen molar-refractivity contribution in [3.8, 4) is 0 Å². The van der Waals surface area contributed by atoms with Crippen LogP contribution in [0.1, 0.15) is 5.56 Å². The van der Waals surface area contributed by atoms with Gasteiger partial charge in [-0.15, -0.1) is 24.0 Å². The highest BCUT2D eigenvalue weighted by Gasteiger charge is 2.21. The van der Waals surface area contributed by atoms with E-state index in [0.29, 0.717) is 5.96 Å². The minimum absolute atomic E-state index is 0. The molecule has 1 fully saturated rings. The summed E-state index contributed by atoms with van der Waals surface area (Å²) >= 11 is 0. The van der Waals surface area contributed by atoms with E-state index in [-0.39, 0.29) is 41.2 Å². The van der Waals surface area contributed by atoms with Gasteiger partial charge >= 0.3 is 0 Å². The van der Waals surface area contributed by atoms with Gasteiger partial charge in [-0.05, 0) is 17.7 Å². The number of nitrogens with one attached hydrogen (secondary N) is 1. The second kappa shape index (κ2) is 12.9. The van der Waals surface area contributed by atoms with Crippen LogP contribution in [-0.4, -0.2) is 76.2 Å². The highest BCUT2D eigenvalue weighted by molar-refractivity contribution is 14.0. The Bertz CT molecular complexity index is 1010. The molecule has 2 aromatic carbocycles. The summed E-state index contributed by atoms with van der Waals surface area (Å²) in [4.78, 5) is 8.50. The smallest absolute Gasteiger partial charge is 0.193 e. The van der Waals surface area contributed by atoms with Crippen LogP contribution >= 0.6 is 24.0 Å². The maximum Gasteiger partial charge on any atom is 0.193 e. The first-order chi connectivity index (χ1) is 15.0. The van der Waals surface area contributed by atoms with Crippen LogP contribution in [0.4, 0.5) is 4.39 Å². The van der Waals surface area contributed by atoms with Crippen molar-refractivity contribution in [1.29, 1.82) is 0 Å². The Balaban J connectivity index is 0.00000363. The lowest BCUT2D eigenvalue weighted by atomic mass is 10.2. The zero-order chi connectivity index (χ0) is 22.1. The van der Waals surface area contributed by atoms with Crippen LogP contribution in [0, 0.1) is 5.82 Å². The van der Waals surface area contributed by atoms with Gasteiger partial charge in [-0.2, -0.15) is 0 Å². The average molecular weight is 572 g/mol. The third-order valence-electron chi connectivity index (χ3n) is 5.18. The lowest BCUT2D eigenvalue weighted by molar-refractivity contribution is 0.194. The standard InChI is InChI=1S/C23H29FN4O2S.HI/c1-25-23(26-13-19-31(29,30)22-12-6-5-11-21(22)24)28-17-15-27(16-18-28)14-7-10-20-8-3-2-4-9-20;/h2-12H,13-19H2,1H3,(H,25,26);1H/b10-7+;. The first-order valence-electron chi connectivity index (χ1n) is 10.4. The molecule has 0 aromatic heterocycles. The Hall–Kier alpha value is -1.98. The number of benzene rings is 2. The molecule has 0 amide bonds. The van der Waals surface area contributed by atoms with Gasteiger partial charge in [0.2, 0.25) is 0 Å². The van der Waals surface area contributed by atoms with Gasteiger partial charge in [0.1, 0.15) is 10.7 Å². The molecule has 0 unspecified atom stereocenters. The molecule has 1 N–H and O–H groups in total. The number of piperazine rings is 1. The zero-order valence-corrected chi connectivity index (χ0v) is 21.3. The number of hydrogen-bond acceptors (Lipinski definition) is 4. The van der Waals surface area contributed by atoms with E-state index in [9.17, 15) is 12.8 Å². The molecule has 174 valence electrons. The molecule has 3 rings (SSSR count). The third-order valence-corrected chi connectivity index (χ3v) is 6.93. The van der Waals surface area contributed by atoms with Crippen molar-refractivity contribution < 1.29 is 12.8 Å². The molecule has 9 heteroatoms. The molecule has 0 bridgehead atoms. The van der Waals surface area contributed by atoms with Crippen molar-refractivity contribution in [2.75, 3.05) is 52.1 Å². The Morgan fingerprint density at radius 1 is 1.06 bits per heavy atom. The van der Waals surface area contributed by atoms with Gasteiger partial charge < -0.3 is 10.2 Å². The van der Waals surface area contributed by atoms with E-state index in [4.69, 9.17) is 0 Å². The Kier molecular flexibility index (Phi) is 10.6. The molecule has 1 aliphatic heterocycles. The summed E-state index contributed by atoms with van der Waals surface area (Å²) in [5.41, 5.74) is 1.19. The number of guanidine groups is 1. The summed E-state index contributed by atoms with van der Waals surface area (Å²) in [5, 5.41) is 3.11. The quantitative estimate of drug-likeness (QED) is 0.314. The topological polar surface area (TPSA) is 65.0 Å². The molecule has 1 heterocycles. The number of nitrogens with zero attached hydrogens (tertiary/aromatic N) is 3. The van der Waals surface area contributed by atoms with Gasteiger partial charge in [-0.1, -0.05) is 54.6 Å². The third kappa shape index (κ3) is 7.56. The first-order valence-corrected chi connectivity index (χ1v) is 12.0. The van der Waals surface area contributed by atoms with E-state index in [0.717, 1.165) is 38.8 Å². The zero-order valence-electron chi connectivity index (χ0n) is 18.2. The number of halogens is 2. The maximum atomic E-state index is 13.8. The van der Waals surface area contributed by atoms with Crippen LogP contribution in [0.3, 0.4) is 0 Å². The Morgan fingerprint density at radius 2 is 1.72 bits per heavy atom. The van der Waals surface area contributed by atoms with Crippen LogP contribution in [0.5, 0.6) is 0 Å². The molecular formula is C23H30FIN4O2S. The largest absolute Gasteiger partial charge is 0.355 e. The van der Waals surface area contributed by atoms with Crippen molar-refractivity contribution in [3.63, 3.8) is 0 Å². The predicted molar refractivity (Wildman–Crippen MR) is 139 cm³/mol. The van der Waals surface area contributed by atoms with Crippen LogP contribution in [0.2, 0.25) is 0 Å². The second-order valence-corrected chi connectivity index (χ2v) is 9.40. The van der Waals surface area contributed by atoms with Crippen LogP contribution in [0.25, 0.3) is 6.08 Å². The van der Waals surface area contributed by atoms with E-state index < -0.39 is 15.7 Å². The average Bonchev–Trinajstić information content (AvgIpc) is 2.78. The van der Waals surface area contributed by atoms with Gasteiger partial charge in [0.05, 0.1) is 5.75 Å². The number of aliphatic imine (C=N–C) groups is 1. The maximum absolute atomic E-state index is 13.8. The van der Waals surface area contributed by atoms with Gasteiger partial charge in [0.15, 0.2) is 15.8 Å². The number of hydrogen-bond donors (Lipinski definition) is 1. The summed E-state index contributed by atoms with van der Waals surface area (Å²) in [7, 11) is -2.01. The van der Waals surface area contributed by atoms with Crippen molar-refractivity contribution in [2.24, 2.45) is 4.99 Å². The van der Waals surface area contributed by atoms with Crippen molar-refractivity contribution >= 4 is 45.8 Å². The molecule has 1 aliphatic rings. The fourth-order valence-corrected chi connectivity index (χ4v) is 4.72. The van der Waals surface area contributed by atoms with E-state index in [1.54, 1.807) is 7.05 Å². The molecule has 0 atom stereocenters. The molecule has 0 spiro atoms. The lowest BCUT2D eigenvalue weighted by Gasteiger charge is -2.36. The highest BCUT2D eigenvalue weighted by Crippen LogP contribution is 2.14. The minimum atomic E-state index is -3.69. The van der Waals surface area contributed by atoms with Crippen LogP contribution in [-0.2, 0) is 9.84 Å². The molecule has 0 radical (unpaired) electrons. The Morgan fingerprint density at radius 3 is 2.38 bits per heavy atom. The summed E-state index contributed by atoms with van der Waals surface area (Å²) < 4.78 is 38.6. The summed E-state index contributed by atoms with van der Waals surface area (Å²) in [6.45, 7) is 4.46. The van der Waals surface area contributed by atoms with Crippen LogP contribution in [0.15, 0.2) is 70.6 Å². The first kappa shape index (κ1) is 26.3. The minimum Gasteiger partial charge on any atom is -0.355 e.